The molecule has 2 unspecified atom stereocenters. The lowest BCUT2D eigenvalue weighted by atomic mass is 10.0. The fourth-order valence-corrected chi connectivity index (χ4v) is 2.57. The summed E-state index contributed by atoms with van der Waals surface area (Å²) in [4.78, 5) is 4.55. The molecule has 16 heavy (non-hydrogen) atoms. The van der Waals surface area contributed by atoms with Crippen molar-refractivity contribution in [3.05, 3.63) is 28.6 Å². The van der Waals surface area contributed by atoms with E-state index in [1.54, 1.807) is 0 Å². The Morgan fingerprint density at radius 3 is 3.12 bits per heavy atom. The third kappa shape index (κ3) is 1.66. The quantitative estimate of drug-likeness (QED) is 0.871. The lowest BCUT2D eigenvalue weighted by Crippen LogP contribution is -2.16. The van der Waals surface area contributed by atoms with E-state index in [-0.39, 0.29) is 6.04 Å². The minimum Gasteiger partial charge on any atom is -0.439 e. The van der Waals surface area contributed by atoms with Gasteiger partial charge in [-0.25, -0.2) is 4.98 Å². The van der Waals surface area contributed by atoms with Gasteiger partial charge in [-0.05, 0) is 37.1 Å². The molecule has 2 atom stereocenters. The summed E-state index contributed by atoms with van der Waals surface area (Å²) >= 11 is 3.44. The van der Waals surface area contributed by atoms with Gasteiger partial charge in [0, 0.05) is 4.47 Å². The number of halogens is 1. The van der Waals surface area contributed by atoms with Crippen LogP contribution in [0.1, 0.15) is 25.3 Å². The van der Waals surface area contributed by atoms with E-state index >= 15 is 0 Å². The van der Waals surface area contributed by atoms with Crippen LogP contribution in [0.25, 0.3) is 11.1 Å². The highest BCUT2D eigenvalue weighted by atomic mass is 79.9. The predicted molar refractivity (Wildman–Crippen MR) is 66.2 cm³/mol. The molecule has 3 nitrogen and oxygen atoms in total. The van der Waals surface area contributed by atoms with Gasteiger partial charge in [-0.3, -0.25) is 0 Å². The maximum absolute atomic E-state index is 5.78. The lowest BCUT2D eigenvalue weighted by Gasteiger charge is -2.10. The Kier molecular flexibility index (Phi) is 2.48. The van der Waals surface area contributed by atoms with Crippen molar-refractivity contribution < 1.29 is 4.42 Å². The summed E-state index contributed by atoms with van der Waals surface area (Å²) in [5.74, 6) is 1.41. The van der Waals surface area contributed by atoms with Crippen LogP contribution in [0.15, 0.2) is 27.1 Å². The zero-order valence-corrected chi connectivity index (χ0v) is 10.6. The van der Waals surface area contributed by atoms with Crippen molar-refractivity contribution in [2.75, 3.05) is 6.54 Å². The number of hydrogen-bond donors (Lipinski definition) is 1. The molecule has 1 aromatic heterocycles. The van der Waals surface area contributed by atoms with Crippen LogP contribution in [-0.4, -0.2) is 11.5 Å². The Morgan fingerprint density at radius 2 is 2.38 bits per heavy atom. The molecule has 1 saturated heterocycles. The van der Waals surface area contributed by atoms with Crippen LogP contribution in [0.2, 0.25) is 0 Å². The first-order chi connectivity index (χ1) is 7.74. The van der Waals surface area contributed by atoms with Gasteiger partial charge in [-0.2, -0.15) is 0 Å². The van der Waals surface area contributed by atoms with E-state index in [1.807, 2.05) is 18.2 Å². The second-order valence-corrected chi connectivity index (χ2v) is 5.28. The molecular formula is C12H13BrN2O. The molecule has 2 aromatic rings. The average Bonchev–Trinajstić information content (AvgIpc) is 2.82. The van der Waals surface area contributed by atoms with Gasteiger partial charge in [0.2, 0.25) is 5.89 Å². The molecule has 3 rings (SSSR count). The highest BCUT2D eigenvalue weighted by Crippen LogP contribution is 2.31. The summed E-state index contributed by atoms with van der Waals surface area (Å²) in [6, 6.07) is 6.19. The molecule has 1 N–H and O–H groups in total. The lowest BCUT2D eigenvalue weighted by molar-refractivity contribution is 0.394. The first-order valence-corrected chi connectivity index (χ1v) is 6.33. The second kappa shape index (κ2) is 3.86. The molecule has 0 radical (unpaired) electrons. The number of nitrogens with zero attached hydrogens (tertiary/aromatic N) is 1. The standard InChI is InChI=1S/C12H13BrN2O/c1-7-4-5-14-11(7)12-15-9-6-8(13)2-3-10(9)16-12/h2-3,6-7,11,14H,4-5H2,1H3. The van der Waals surface area contributed by atoms with Crippen LogP contribution in [0.3, 0.4) is 0 Å². The maximum Gasteiger partial charge on any atom is 0.212 e. The molecule has 84 valence electrons. The van der Waals surface area contributed by atoms with E-state index in [2.05, 4.69) is 33.2 Å². The Hall–Kier alpha value is -0.870. The van der Waals surface area contributed by atoms with Crippen LogP contribution in [0, 0.1) is 5.92 Å². The van der Waals surface area contributed by atoms with Crippen molar-refractivity contribution in [1.82, 2.24) is 10.3 Å². The minimum absolute atomic E-state index is 0.270. The van der Waals surface area contributed by atoms with Gasteiger partial charge in [-0.15, -0.1) is 0 Å². The van der Waals surface area contributed by atoms with Crippen molar-refractivity contribution in [1.29, 1.82) is 0 Å². The normalized spacial score (nSPS) is 25.4. The van der Waals surface area contributed by atoms with Crippen LogP contribution in [0.5, 0.6) is 0 Å². The van der Waals surface area contributed by atoms with E-state index in [9.17, 15) is 0 Å². The summed E-state index contributed by atoms with van der Waals surface area (Å²) in [5, 5.41) is 3.43. The molecular weight excluding hydrogens is 268 g/mol. The molecule has 1 fully saturated rings. The van der Waals surface area contributed by atoms with Gasteiger partial charge in [-0.1, -0.05) is 22.9 Å². The topological polar surface area (TPSA) is 38.1 Å². The molecule has 0 bridgehead atoms. The highest BCUT2D eigenvalue weighted by Gasteiger charge is 2.28. The summed E-state index contributed by atoms with van der Waals surface area (Å²) in [5.41, 5.74) is 1.78. The van der Waals surface area contributed by atoms with Crippen molar-refractivity contribution in [3.8, 4) is 0 Å². The monoisotopic (exact) mass is 280 g/mol. The first kappa shape index (κ1) is 10.3. The smallest absolute Gasteiger partial charge is 0.212 e. The van der Waals surface area contributed by atoms with E-state index in [4.69, 9.17) is 4.42 Å². The van der Waals surface area contributed by atoms with Crippen molar-refractivity contribution >= 4 is 27.0 Å². The third-order valence-corrected chi connectivity index (χ3v) is 3.66. The van der Waals surface area contributed by atoms with Crippen molar-refractivity contribution in [2.45, 2.75) is 19.4 Å². The number of hydrogen-bond acceptors (Lipinski definition) is 3. The predicted octanol–water partition coefficient (Wildman–Crippen LogP) is 3.26. The summed E-state index contributed by atoms with van der Waals surface area (Å²) in [7, 11) is 0. The Labute approximate surface area is 102 Å². The Balaban J connectivity index is 2.04. The SMILES string of the molecule is CC1CCNC1c1nc2cc(Br)ccc2o1. The zero-order chi connectivity index (χ0) is 11.1. The molecule has 2 heterocycles. The molecule has 1 aliphatic rings. The summed E-state index contributed by atoms with van der Waals surface area (Å²) in [6.45, 7) is 3.28. The van der Waals surface area contributed by atoms with Crippen LogP contribution in [0.4, 0.5) is 0 Å². The number of benzene rings is 1. The van der Waals surface area contributed by atoms with Crippen molar-refractivity contribution in [2.24, 2.45) is 5.92 Å². The van der Waals surface area contributed by atoms with Crippen LogP contribution < -0.4 is 5.32 Å². The van der Waals surface area contributed by atoms with Crippen LogP contribution in [-0.2, 0) is 0 Å². The van der Waals surface area contributed by atoms with E-state index in [0.717, 1.165) is 28.0 Å². The highest BCUT2D eigenvalue weighted by molar-refractivity contribution is 9.10. The minimum atomic E-state index is 0.270. The van der Waals surface area contributed by atoms with Gasteiger partial charge in [0.1, 0.15) is 5.52 Å². The Morgan fingerprint density at radius 1 is 1.50 bits per heavy atom. The molecule has 0 saturated carbocycles. The second-order valence-electron chi connectivity index (χ2n) is 4.36. The van der Waals surface area contributed by atoms with Crippen LogP contribution >= 0.6 is 15.9 Å². The number of oxazole rings is 1. The molecule has 0 amide bonds. The maximum atomic E-state index is 5.78. The van der Waals surface area contributed by atoms with Gasteiger partial charge in [0.05, 0.1) is 6.04 Å². The number of rotatable bonds is 1. The first-order valence-electron chi connectivity index (χ1n) is 5.53. The summed E-state index contributed by atoms with van der Waals surface area (Å²) < 4.78 is 6.82. The molecule has 1 aliphatic heterocycles. The zero-order valence-electron chi connectivity index (χ0n) is 9.03. The fraction of sp³-hybridized carbons (Fsp3) is 0.417. The number of nitrogens with one attached hydrogen (secondary N) is 1. The largest absolute Gasteiger partial charge is 0.439 e. The van der Waals surface area contributed by atoms with E-state index in [1.165, 1.54) is 6.42 Å². The van der Waals surface area contributed by atoms with E-state index < -0.39 is 0 Å². The van der Waals surface area contributed by atoms with Crippen molar-refractivity contribution in [3.63, 3.8) is 0 Å². The fourth-order valence-electron chi connectivity index (χ4n) is 2.22. The van der Waals surface area contributed by atoms with Gasteiger partial charge in [0.15, 0.2) is 5.58 Å². The molecule has 4 heteroatoms. The van der Waals surface area contributed by atoms with Gasteiger partial charge < -0.3 is 9.73 Å². The van der Waals surface area contributed by atoms with Gasteiger partial charge in [0.25, 0.3) is 0 Å². The van der Waals surface area contributed by atoms with Gasteiger partial charge >= 0.3 is 0 Å². The average molecular weight is 281 g/mol. The molecule has 1 aromatic carbocycles. The number of aromatic nitrogens is 1. The molecule has 0 aliphatic carbocycles. The molecule has 0 spiro atoms. The Bertz CT molecular complexity index is 523. The third-order valence-electron chi connectivity index (χ3n) is 3.17. The van der Waals surface area contributed by atoms with E-state index in [0.29, 0.717) is 5.92 Å². The summed E-state index contributed by atoms with van der Waals surface area (Å²) in [6.07, 6.45) is 1.19. The number of fused-ring (bicyclic) bond motifs is 1.